The van der Waals surface area contributed by atoms with E-state index < -0.39 is 0 Å². The van der Waals surface area contributed by atoms with E-state index in [1.54, 1.807) is 0 Å². The zero-order valence-electron chi connectivity index (χ0n) is 11.6. The van der Waals surface area contributed by atoms with Crippen LogP contribution in [0.25, 0.3) is 0 Å². The molecule has 0 spiro atoms. The first kappa shape index (κ1) is 16.4. The first-order valence-electron chi connectivity index (χ1n) is 6.64. The first-order chi connectivity index (χ1) is 9.08. The number of thiocarbonyl (C=S) groups is 1. The van der Waals surface area contributed by atoms with Crippen LogP contribution in [-0.2, 0) is 0 Å². The quantitative estimate of drug-likeness (QED) is 0.711. The molecule has 0 unspecified atom stereocenters. The molecule has 0 radical (unpaired) electrons. The Hall–Kier alpha value is -0.650. The topological polar surface area (TPSA) is 41.3 Å². The fraction of sp³-hybridized carbons (Fsp3) is 0.500. The number of rotatable bonds is 8. The molecule has 0 aliphatic rings. The van der Waals surface area contributed by atoms with E-state index >= 15 is 0 Å². The first-order valence-corrected chi connectivity index (χ1v) is 7.84. The molecule has 0 aromatic heterocycles. The van der Waals surface area contributed by atoms with E-state index in [1.165, 1.54) is 6.42 Å². The van der Waals surface area contributed by atoms with Crippen LogP contribution in [0.1, 0.15) is 25.8 Å². The largest absolute Gasteiger partial charge is 0.389 e. The lowest BCUT2D eigenvalue weighted by molar-refractivity contribution is 0.300. The van der Waals surface area contributed by atoms with Gasteiger partial charge in [-0.25, -0.2) is 0 Å². The molecule has 0 fully saturated rings. The summed E-state index contributed by atoms with van der Waals surface area (Å²) in [5, 5.41) is 3.43. The second kappa shape index (κ2) is 8.51. The van der Waals surface area contributed by atoms with Crippen LogP contribution in [0, 0.1) is 0 Å². The number of hydrogen-bond acceptors (Lipinski definition) is 3. The minimum absolute atomic E-state index is 0.423. The van der Waals surface area contributed by atoms with E-state index in [1.807, 2.05) is 18.2 Å². The Labute approximate surface area is 129 Å². The average molecular weight is 344 g/mol. The highest BCUT2D eigenvalue weighted by Gasteiger charge is 2.04. The maximum absolute atomic E-state index is 5.61. The van der Waals surface area contributed by atoms with Crippen molar-refractivity contribution in [2.75, 3.05) is 31.5 Å². The summed E-state index contributed by atoms with van der Waals surface area (Å²) in [6.07, 6.45) is 1.19. The summed E-state index contributed by atoms with van der Waals surface area (Å²) in [6, 6.07) is 5.90. The molecule has 3 nitrogen and oxygen atoms in total. The molecule has 1 aromatic carbocycles. The highest BCUT2D eigenvalue weighted by molar-refractivity contribution is 9.10. The van der Waals surface area contributed by atoms with E-state index in [4.69, 9.17) is 18.0 Å². The number of benzene rings is 1. The van der Waals surface area contributed by atoms with Gasteiger partial charge in [-0.05, 0) is 53.6 Å². The van der Waals surface area contributed by atoms with Gasteiger partial charge in [-0.15, -0.1) is 0 Å². The van der Waals surface area contributed by atoms with Crippen molar-refractivity contribution < 1.29 is 0 Å². The Morgan fingerprint density at radius 2 is 2.11 bits per heavy atom. The molecule has 0 atom stereocenters. The van der Waals surface area contributed by atoms with Gasteiger partial charge in [0.15, 0.2) is 0 Å². The fourth-order valence-corrected chi connectivity index (χ4v) is 2.55. The van der Waals surface area contributed by atoms with Crippen LogP contribution in [-0.4, -0.2) is 36.1 Å². The molecule has 19 heavy (non-hydrogen) atoms. The number of nitrogens with two attached hydrogens (primary N) is 1. The molecular formula is C14H22BrN3S. The van der Waals surface area contributed by atoms with Gasteiger partial charge in [0.25, 0.3) is 0 Å². The lowest BCUT2D eigenvalue weighted by Crippen LogP contribution is -2.29. The van der Waals surface area contributed by atoms with Crippen LogP contribution in [0.3, 0.4) is 0 Å². The Morgan fingerprint density at radius 1 is 1.37 bits per heavy atom. The van der Waals surface area contributed by atoms with Crippen LogP contribution in [0.2, 0.25) is 0 Å². The maximum atomic E-state index is 5.61. The third-order valence-corrected chi connectivity index (χ3v) is 3.88. The molecule has 0 saturated carbocycles. The predicted octanol–water partition coefficient (Wildman–Crippen LogP) is 3.23. The zero-order chi connectivity index (χ0) is 14.3. The molecule has 0 bridgehead atoms. The smallest absolute Gasteiger partial charge is 0.104 e. The summed E-state index contributed by atoms with van der Waals surface area (Å²) >= 11 is 8.50. The van der Waals surface area contributed by atoms with Crippen molar-refractivity contribution in [3.05, 3.63) is 28.2 Å². The third-order valence-electron chi connectivity index (χ3n) is 2.98. The monoisotopic (exact) mass is 343 g/mol. The van der Waals surface area contributed by atoms with E-state index in [0.717, 1.165) is 41.9 Å². The van der Waals surface area contributed by atoms with Gasteiger partial charge >= 0.3 is 0 Å². The number of nitrogens with zero attached hydrogens (tertiary/aromatic N) is 1. The van der Waals surface area contributed by atoms with Crippen molar-refractivity contribution >= 4 is 38.8 Å². The summed E-state index contributed by atoms with van der Waals surface area (Å²) in [5.41, 5.74) is 7.57. The normalized spacial score (nSPS) is 10.7. The van der Waals surface area contributed by atoms with E-state index in [9.17, 15) is 0 Å². The van der Waals surface area contributed by atoms with Crippen molar-refractivity contribution in [1.29, 1.82) is 0 Å². The van der Waals surface area contributed by atoms with Gasteiger partial charge < -0.3 is 16.0 Å². The third kappa shape index (κ3) is 5.47. The molecular weight excluding hydrogens is 322 g/mol. The van der Waals surface area contributed by atoms with Crippen LogP contribution in [0.5, 0.6) is 0 Å². The van der Waals surface area contributed by atoms with Crippen molar-refractivity contribution in [3.63, 3.8) is 0 Å². The fourth-order valence-electron chi connectivity index (χ4n) is 1.90. The summed E-state index contributed by atoms with van der Waals surface area (Å²) in [5.74, 6) is 0. The summed E-state index contributed by atoms with van der Waals surface area (Å²) < 4.78 is 0.997. The van der Waals surface area contributed by atoms with Gasteiger partial charge in [-0.2, -0.15) is 0 Å². The minimum Gasteiger partial charge on any atom is -0.389 e. The summed E-state index contributed by atoms with van der Waals surface area (Å²) in [6.45, 7) is 8.63. The van der Waals surface area contributed by atoms with Crippen LogP contribution >= 0.6 is 28.1 Å². The SMILES string of the molecule is CCCN(CC)CCNc1ccc(C(N)=S)cc1Br. The Balaban J connectivity index is 2.51. The average Bonchev–Trinajstić information content (AvgIpc) is 2.39. The zero-order valence-corrected chi connectivity index (χ0v) is 14.0. The van der Waals surface area contributed by atoms with Crippen molar-refractivity contribution in [2.24, 2.45) is 5.73 Å². The molecule has 0 amide bonds. The lowest BCUT2D eigenvalue weighted by Gasteiger charge is -2.20. The molecule has 0 heterocycles. The highest BCUT2D eigenvalue weighted by Crippen LogP contribution is 2.23. The van der Waals surface area contributed by atoms with Crippen LogP contribution in [0.4, 0.5) is 5.69 Å². The predicted molar refractivity (Wildman–Crippen MR) is 90.9 cm³/mol. The molecule has 0 aliphatic carbocycles. The van der Waals surface area contributed by atoms with Crippen molar-refractivity contribution in [3.8, 4) is 0 Å². The minimum atomic E-state index is 0.423. The van der Waals surface area contributed by atoms with Crippen molar-refractivity contribution in [2.45, 2.75) is 20.3 Å². The van der Waals surface area contributed by atoms with Gasteiger partial charge in [-0.1, -0.05) is 26.1 Å². The van der Waals surface area contributed by atoms with Gasteiger partial charge in [-0.3, -0.25) is 0 Å². The highest BCUT2D eigenvalue weighted by atomic mass is 79.9. The number of halogens is 1. The van der Waals surface area contributed by atoms with Gasteiger partial charge in [0.05, 0.1) is 0 Å². The second-order valence-electron chi connectivity index (χ2n) is 4.42. The second-order valence-corrected chi connectivity index (χ2v) is 5.71. The van der Waals surface area contributed by atoms with Gasteiger partial charge in [0.2, 0.25) is 0 Å². The molecule has 1 aromatic rings. The summed E-state index contributed by atoms with van der Waals surface area (Å²) in [4.78, 5) is 2.86. The molecule has 106 valence electrons. The van der Waals surface area contributed by atoms with Crippen molar-refractivity contribution in [1.82, 2.24) is 4.90 Å². The molecule has 0 aliphatic heterocycles. The summed E-state index contributed by atoms with van der Waals surface area (Å²) in [7, 11) is 0. The maximum Gasteiger partial charge on any atom is 0.104 e. The van der Waals surface area contributed by atoms with Gasteiger partial charge in [0.1, 0.15) is 4.99 Å². The lowest BCUT2D eigenvalue weighted by atomic mass is 10.2. The standard InChI is InChI=1S/C14H22BrN3S/c1-3-8-18(4-2)9-7-17-13-6-5-11(14(16)19)10-12(13)15/h5-6,10,17H,3-4,7-9H2,1-2H3,(H2,16,19). The number of anilines is 1. The number of nitrogens with one attached hydrogen (secondary N) is 1. The Bertz CT molecular complexity index is 423. The molecule has 3 N–H and O–H groups in total. The number of likely N-dealkylation sites (N-methyl/N-ethyl adjacent to an activating group) is 1. The van der Waals surface area contributed by atoms with Crippen LogP contribution < -0.4 is 11.1 Å². The van der Waals surface area contributed by atoms with E-state index in [0.29, 0.717) is 4.99 Å². The van der Waals surface area contributed by atoms with E-state index in [2.05, 4.69) is 40.0 Å². The van der Waals surface area contributed by atoms with E-state index in [-0.39, 0.29) is 0 Å². The van der Waals surface area contributed by atoms with Crippen LogP contribution in [0.15, 0.2) is 22.7 Å². The Kier molecular flexibility index (Phi) is 7.34. The number of hydrogen-bond donors (Lipinski definition) is 2. The molecule has 5 heteroatoms. The molecule has 1 rings (SSSR count). The Morgan fingerprint density at radius 3 is 2.63 bits per heavy atom. The molecule has 0 saturated heterocycles. The van der Waals surface area contributed by atoms with Gasteiger partial charge in [0, 0.05) is 28.8 Å².